The van der Waals surface area contributed by atoms with Crippen LogP contribution >= 0.6 is 0 Å². The van der Waals surface area contributed by atoms with Crippen molar-refractivity contribution in [1.29, 1.82) is 0 Å². The Balaban J connectivity index is 1.55. The van der Waals surface area contributed by atoms with Gasteiger partial charge in [0.1, 0.15) is 23.8 Å². The Bertz CT molecular complexity index is 1530. The van der Waals surface area contributed by atoms with E-state index in [0.29, 0.717) is 5.82 Å². The van der Waals surface area contributed by atoms with Crippen molar-refractivity contribution in [1.82, 2.24) is 19.9 Å². The van der Waals surface area contributed by atoms with Crippen LogP contribution in [0.25, 0.3) is 22.0 Å². The lowest BCUT2D eigenvalue weighted by Crippen LogP contribution is -2.02. The van der Waals surface area contributed by atoms with E-state index in [4.69, 9.17) is 0 Å². The lowest BCUT2D eigenvalue weighted by Gasteiger charge is -2.17. The number of hydrogen-bond donors (Lipinski definition) is 4. The van der Waals surface area contributed by atoms with E-state index >= 15 is 0 Å². The topological polar surface area (TPSA) is 108 Å². The van der Waals surface area contributed by atoms with E-state index in [-0.39, 0.29) is 0 Å². The first-order valence-electron chi connectivity index (χ1n) is 11.7. The molecule has 0 fully saturated rings. The third-order valence-electron chi connectivity index (χ3n) is 6.04. The van der Waals surface area contributed by atoms with Crippen LogP contribution in [0.4, 0.5) is 28.8 Å². The fourth-order valence-corrected chi connectivity index (χ4v) is 4.11. The van der Waals surface area contributed by atoms with Crippen molar-refractivity contribution >= 4 is 39.6 Å². The van der Waals surface area contributed by atoms with Gasteiger partial charge >= 0.3 is 0 Å². The molecule has 3 aromatic heterocycles. The van der Waals surface area contributed by atoms with Crippen molar-refractivity contribution in [2.24, 2.45) is 0 Å². The molecule has 0 amide bonds. The summed E-state index contributed by atoms with van der Waals surface area (Å²) in [6, 6.07) is 19.6. The number of fused-ring (bicyclic) bond motifs is 1. The number of anilines is 5. The van der Waals surface area contributed by atoms with E-state index < -0.39 is 6.10 Å². The Morgan fingerprint density at radius 1 is 0.806 bits per heavy atom. The van der Waals surface area contributed by atoms with Gasteiger partial charge in [-0.3, -0.25) is 0 Å². The number of aromatic nitrogens is 4. The molecule has 2 aromatic carbocycles. The molecule has 1 atom stereocenters. The minimum Gasteiger partial charge on any atom is -0.389 e. The van der Waals surface area contributed by atoms with Crippen molar-refractivity contribution in [3.63, 3.8) is 0 Å². The summed E-state index contributed by atoms with van der Waals surface area (Å²) < 4.78 is 0. The maximum Gasteiger partial charge on any atom is 0.139 e. The van der Waals surface area contributed by atoms with Crippen LogP contribution in [0.3, 0.4) is 0 Å². The first-order chi connectivity index (χ1) is 17.5. The normalized spacial score (nSPS) is 11.8. The SMILES string of the molecule is CNc1cc(-c2cccnc2Nc2c(C)ccc3c(Nc4cccc(C(C)O)c4)nccc23)ncn1. The van der Waals surface area contributed by atoms with E-state index in [1.807, 2.05) is 55.6 Å². The molecule has 3 heterocycles. The number of nitrogens with zero attached hydrogens (tertiary/aromatic N) is 4. The van der Waals surface area contributed by atoms with Crippen molar-refractivity contribution in [2.45, 2.75) is 20.0 Å². The number of benzene rings is 2. The molecule has 180 valence electrons. The minimum atomic E-state index is -0.544. The zero-order valence-electron chi connectivity index (χ0n) is 20.3. The summed E-state index contributed by atoms with van der Waals surface area (Å²) in [6.07, 6.45) is 4.54. The van der Waals surface area contributed by atoms with Crippen LogP contribution in [0.5, 0.6) is 0 Å². The number of aliphatic hydroxyl groups is 1. The highest BCUT2D eigenvalue weighted by Gasteiger charge is 2.14. The Hall–Kier alpha value is -4.56. The molecule has 4 N–H and O–H groups in total. The average Bonchev–Trinajstić information content (AvgIpc) is 2.91. The summed E-state index contributed by atoms with van der Waals surface area (Å²) in [6.45, 7) is 3.82. The summed E-state index contributed by atoms with van der Waals surface area (Å²) in [5, 5.41) is 22.0. The predicted molar refractivity (Wildman–Crippen MR) is 145 cm³/mol. The number of nitrogens with one attached hydrogen (secondary N) is 3. The van der Waals surface area contributed by atoms with Gasteiger partial charge in [-0.15, -0.1) is 0 Å². The summed E-state index contributed by atoms with van der Waals surface area (Å²) in [7, 11) is 1.83. The van der Waals surface area contributed by atoms with Crippen molar-refractivity contribution in [2.75, 3.05) is 23.0 Å². The lowest BCUT2D eigenvalue weighted by molar-refractivity contribution is 0.199. The first-order valence-corrected chi connectivity index (χ1v) is 11.7. The quantitative estimate of drug-likeness (QED) is 0.227. The highest BCUT2D eigenvalue weighted by Crippen LogP contribution is 2.36. The van der Waals surface area contributed by atoms with Gasteiger partial charge in [-0.1, -0.05) is 24.3 Å². The third-order valence-corrected chi connectivity index (χ3v) is 6.04. The van der Waals surface area contributed by atoms with Gasteiger partial charge in [-0.2, -0.15) is 0 Å². The van der Waals surface area contributed by atoms with Gasteiger partial charge < -0.3 is 21.1 Å². The molecule has 36 heavy (non-hydrogen) atoms. The molecule has 0 bridgehead atoms. The number of pyridine rings is 2. The van der Waals surface area contributed by atoms with Gasteiger partial charge in [0.15, 0.2) is 0 Å². The molecule has 5 aromatic rings. The molecule has 0 radical (unpaired) electrons. The predicted octanol–water partition coefficient (Wildman–Crippen LogP) is 5.98. The fraction of sp³-hybridized carbons (Fsp3) is 0.143. The highest BCUT2D eigenvalue weighted by atomic mass is 16.3. The second-order valence-electron chi connectivity index (χ2n) is 8.50. The van der Waals surface area contributed by atoms with Gasteiger partial charge in [0.2, 0.25) is 0 Å². The molecular formula is C28H27N7O. The molecule has 0 aliphatic heterocycles. The van der Waals surface area contributed by atoms with E-state index in [0.717, 1.165) is 56.2 Å². The standard InChI is InChI=1S/C28H27N7O/c1-17-9-10-22-21(11-13-31-27(22)34-20-7-4-6-19(14-20)18(2)36)26(17)35-28-23(8-5-12-30-28)24-15-25(29-3)33-16-32-24/h4-16,18,36H,1-3H3,(H,30,35)(H,31,34)(H,29,32,33). The van der Waals surface area contributed by atoms with Gasteiger partial charge in [0.25, 0.3) is 0 Å². The number of rotatable bonds is 7. The van der Waals surface area contributed by atoms with E-state index in [9.17, 15) is 5.11 Å². The van der Waals surface area contributed by atoms with Crippen molar-refractivity contribution in [3.05, 3.63) is 90.5 Å². The van der Waals surface area contributed by atoms with Crippen LogP contribution in [0, 0.1) is 6.92 Å². The second-order valence-corrected chi connectivity index (χ2v) is 8.50. The van der Waals surface area contributed by atoms with Crippen LogP contribution in [0.1, 0.15) is 24.2 Å². The number of aryl methyl sites for hydroxylation is 1. The summed E-state index contributed by atoms with van der Waals surface area (Å²) >= 11 is 0. The maximum atomic E-state index is 9.96. The Kier molecular flexibility index (Phi) is 6.42. The Morgan fingerprint density at radius 2 is 1.67 bits per heavy atom. The molecule has 5 rings (SSSR count). The molecule has 8 heteroatoms. The molecule has 0 saturated heterocycles. The van der Waals surface area contributed by atoms with E-state index in [2.05, 4.69) is 54.9 Å². The molecule has 0 saturated carbocycles. The van der Waals surface area contributed by atoms with E-state index in [1.165, 1.54) is 6.33 Å². The van der Waals surface area contributed by atoms with E-state index in [1.54, 1.807) is 19.3 Å². The average molecular weight is 478 g/mol. The molecule has 0 aliphatic carbocycles. The fourth-order valence-electron chi connectivity index (χ4n) is 4.11. The number of aliphatic hydroxyl groups excluding tert-OH is 1. The monoisotopic (exact) mass is 477 g/mol. The summed E-state index contributed by atoms with van der Waals surface area (Å²) in [4.78, 5) is 17.9. The van der Waals surface area contributed by atoms with Gasteiger partial charge in [0.05, 0.1) is 17.5 Å². The molecule has 0 spiro atoms. The van der Waals surface area contributed by atoms with Crippen LogP contribution in [0.15, 0.2) is 79.4 Å². The second kappa shape index (κ2) is 9.97. The Labute approximate surface area is 209 Å². The molecular weight excluding hydrogens is 450 g/mol. The van der Waals surface area contributed by atoms with Gasteiger partial charge in [-0.25, -0.2) is 19.9 Å². The van der Waals surface area contributed by atoms with Gasteiger partial charge in [0, 0.05) is 47.5 Å². The number of hydrogen-bond acceptors (Lipinski definition) is 8. The van der Waals surface area contributed by atoms with Crippen LogP contribution in [-0.4, -0.2) is 32.1 Å². The molecule has 0 aliphatic rings. The molecule has 8 nitrogen and oxygen atoms in total. The molecule has 1 unspecified atom stereocenters. The summed E-state index contributed by atoms with van der Waals surface area (Å²) in [5.74, 6) is 2.16. The van der Waals surface area contributed by atoms with Crippen LogP contribution < -0.4 is 16.0 Å². The third kappa shape index (κ3) is 4.67. The Morgan fingerprint density at radius 3 is 2.50 bits per heavy atom. The summed E-state index contributed by atoms with van der Waals surface area (Å²) in [5.41, 5.74) is 5.36. The largest absolute Gasteiger partial charge is 0.389 e. The minimum absolute atomic E-state index is 0.544. The van der Waals surface area contributed by atoms with Crippen LogP contribution in [-0.2, 0) is 0 Å². The lowest BCUT2D eigenvalue weighted by atomic mass is 10.0. The highest BCUT2D eigenvalue weighted by molar-refractivity contribution is 6.03. The van der Waals surface area contributed by atoms with Crippen LogP contribution in [0.2, 0.25) is 0 Å². The zero-order valence-corrected chi connectivity index (χ0v) is 20.3. The zero-order chi connectivity index (χ0) is 25.1. The van der Waals surface area contributed by atoms with Gasteiger partial charge in [-0.05, 0) is 55.3 Å². The van der Waals surface area contributed by atoms with Crippen molar-refractivity contribution in [3.8, 4) is 11.3 Å². The van der Waals surface area contributed by atoms with Crippen molar-refractivity contribution < 1.29 is 5.11 Å². The maximum absolute atomic E-state index is 9.96. The smallest absolute Gasteiger partial charge is 0.139 e. The first kappa shape index (κ1) is 23.2.